The van der Waals surface area contributed by atoms with E-state index in [0.29, 0.717) is 17.8 Å². The average Bonchev–Trinajstić information content (AvgIpc) is 2.69. The minimum Gasteiger partial charge on any atom is -0.494 e. The first-order valence-corrected chi connectivity index (χ1v) is 6.62. The summed E-state index contributed by atoms with van der Waals surface area (Å²) in [7, 11) is 5.81. The summed E-state index contributed by atoms with van der Waals surface area (Å²) in [5.41, 5.74) is 1.00. The van der Waals surface area contributed by atoms with Gasteiger partial charge in [0.15, 0.2) is 0 Å². The third-order valence-electron chi connectivity index (χ3n) is 4.18. The van der Waals surface area contributed by atoms with Crippen molar-refractivity contribution in [2.24, 2.45) is 0 Å². The Labute approximate surface area is 112 Å². The van der Waals surface area contributed by atoms with Gasteiger partial charge in [0.05, 0.1) is 12.6 Å². The molecule has 1 aliphatic rings. The van der Waals surface area contributed by atoms with E-state index in [1.807, 2.05) is 12.3 Å². The van der Waals surface area contributed by atoms with Crippen LogP contribution in [0.15, 0.2) is 24.4 Å². The lowest BCUT2D eigenvalue weighted by Gasteiger charge is -2.42. The number of aromatic nitrogens is 1. The van der Waals surface area contributed by atoms with Crippen LogP contribution in [0.2, 0.25) is 0 Å². The molecule has 3 rings (SSSR count). The summed E-state index contributed by atoms with van der Waals surface area (Å²) < 4.78 is 21.1. The second-order valence-electron chi connectivity index (χ2n) is 5.44. The van der Waals surface area contributed by atoms with Crippen molar-refractivity contribution in [3.63, 3.8) is 0 Å². The molecule has 0 amide bonds. The molecule has 1 aromatic heterocycles. The molecule has 0 aliphatic heterocycles. The predicted molar refractivity (Wildman–Crippen MR) is 74.2 cm³/mol. The summed E-state index contributed by atoms with van der Waals surface area (Å²) in [6.45, 7) is 0. The second-order valence-corrected chi connectivity index (χ2v) is 5.44. The first-order chi connectivity index (χ1) is 9.11. The molecule has 1 saturated carbocycles. The van der Waals surface area contributed by atoms with Crippen molar-refractivity contribution in [2.75, 3.05) is 21.2 Å². The van der Waals surface area contributed by atoms with Gasteiger partial charge in [0, 0.05) is 29.7 Å². The third kappa shape index (κ3) is 1.91. The Morgan fingerprint density at radius 1 is 1.32 bits per heavy atom. The highest BCUT2D eigenvalue weighted by molar-refractivity contribution is 5.86. The van der Waals surface area contributed by atoms with Gasteiger partial charge in [-0.25, -0.2) is 4.39 Å². The van der Waals surface area contributed by atoms with E-state index in [1.165, 1.54) is 12.5 Å². The maximum absolute atomic E-state index is 13.5. The Balaban J connectivity index is 2.10. The molecular formula is C15H19FN2O. The highest BCUT2D eigenvalue weighted by Crippen LogP contribution is 2.40. The Morgan fingerprint density at radius 3 is 2.68 bits per heavy atom. The fourth-order valence-electron chi connectivity index (χ4n) is 3.06. The summed E-state index contributed by atoms with van der Waals surface area (Å²) >= 11 is 0. The van der Waals surface area contributed by atoms with Crippen LogP contribution in [-0.4, -0.2) is 36.7 Å². The Morgan fingerprint density at radius 2 is 2.11 bits per heavy atom. The first-order valence-electron chi connectivity index (χ1n) is 6.62. The Hall–Kier alpha value is -1.55. The first kappa shape index (κ1) is 12.5. The Kier molecular flexibility index (Phi) is 2.97. The summed E-state index contributed by atoms with van der Waals surface area (Å²) in [6, 6.07) is 5.99. The van der Waals surface area contributed by atoms with Crippen molar-refractivity contribution in [3.8, 4) is 5.75 Å². The molecule has 1 heterocycles. The maximum Gasteiger partial charge on any atom is 0.146 e. The van der Waals surface area contributed by atoms with Crippen LogP contribution >= 0.6 is 0 Å². The fraction of sp³-hybridized carbons (Fsp3) is 0.467. The number of ether oxygens (including phenoxy) is 1. The summed E-state index contributed by atoms with van der Waals surface area (Å²) in [4.78, 5) is 2.26. The number of likely N-dealkylation sites (N-methyl/N-ethyl adjacent to an activating group) is 1. The molecule has 3 nitrogen and oxygen atoms in total. The van der Waals surface area contributed by atoms with E-state index in [1.54, 1.807) is 13.2 Å². The smallest absolute Gasteiger partial charge is 0.146 e. The van der Waals surface area contributed by atoms with Gasteiger partial charge in [0.25, 0.3) is 0 Å². The molecule has 4 heteroatoms. The van der Waals surface area contributed by atoms with Gasteiger partial charge >= 0.3 is 0 Å². The van der Waals surface area contributed by atoms with Gasteiger partial charge in [-0.1, -0.05) is 0 Å². The molecule has 19 heavy (non-hydrogen) atoms. The average molecular weight is 262 g/mol. The number of nitrogens with zero attached hydrogens (tertiary/aromatic N) is 2. The molecule has 1 fully saturated rings. The van der Waals surface area contributed by atoms with E-state index in [-0.39, 0.29) is 5.82 Å². The zero-order valence-corrected chi connectivity index (χ0v) is 11.6. The third-order valence-corrected chi connectivity index (χ3v) is 4.18. The van der Waals surface area contributed by atoms with Crippen LogP contribution in [0.25, 0.3) is 10.9 Å². The highest BCUT2D eigenvalue weighted by Gasteiger charge is 2.34. The molecule has 2 unspecified atom stereocenters. The molecule has 1 aliphatic carbocycles. The summed E-state index contributed by atoms with van der Waals surface area (Å²) in [5.74, 6) is 0.365. The standard InChI is InChI=1S/C15H19FN2O/c1-17(2)12-4-5-13(12)18-7-6-10-8-11(16)9-14(19-3)15(10)18/h6-9,12-13H,4-5H2,1-3H3. The van der Waals surface area contributed by atoms with E-state index in [2.05, 4.69) is 23.6 Å². The zero-order valence-electron chi connectivity index (χ0n) is 11.6. The van der Waals surface area contributed by atoms with Crippen LogP contribution < -0.4 is 4.74 Å². The number of fused-ring (bicyclic) bond motifs is 1. The van der Waals surface area contributed by atoms with Crippen molar-refractivity contribution in [3.05, 3.63) is 30.2 Å². The van der Waals surface area contributed by atoms with E-state index >= 15 is 0 Å². The van der Waals surface area contributed by atoms with E-state index in [4.69, 9.17) is 4.74 Å². The summed E-state index contributed by atoms with van der Waals surface area (Å²) in [5, 5.41) is 0.904. The maximum atomic E-state index is 13.5. The molecule has 102 valence electrons. The lowest BCUT2D eigenvalue weighted by molar-refractivity contribution is 0.116. The number of benzene rings is 1. The molecule has 0 N–H and O–H groups in total. The molecule has 0 saturated heterocycles. The minimum atomic E-state index is -0.250. The van der Waals surface area contributed by atoms with Crippen molar-refractivity contribution in [1.82, 2.24) is 9.47 Å². The quantitative estimate of drug-likeness (QED) is 0.846. The number of rotatable bonds is 3. The van der Waals surface area contributed by atoms with Crippen LogP contribution in [-0.2, 0) is 0 Å². The predicted octanol–water partition coefficient (Wildman–Crippen LogP) is 3.05. The lowest BCUT2D eigenvalue weighted by Crippen LogP contribution is -2.44. The number of hydrogen-bond acceptors (Lipinski definition) is 2. The molecule has 0 radical (unpaired) electrons. The molecule has 0 spiro atoms. The Bertz CT molecular complexity index is 605. The monoisotopic (exact) mass is 262 g/mol. The highest BCUT2D eigenvalue weighted by atomic mass is 19.1. The van der Waals surface area contributed by atoms with Crippen molar-refractivity contribution in [1.29, 1.82) is 0 Å². The van der Waals surface area contributed by atoms with Crippen LogP contribution in [0.5, 0.6) is 5.75 Å². The van der Waals surface area contributed by atoms with E-state index in [0.717, 1.165) is 17.3 Å². The SMILES string of the molecule is COc1cc(F)cc2ccn(C3CCC3N(C)C)c12. The second kappa shape index (κ2) is 4.53. The van der Waals surface area contributed by atoms with E-state index in [9.17, 15) is 4.39 Å². The van der Waals surface area contributed by atoms with Gasteiger partial charge in [-0.3, -0.25) is 0 Å². The molecule has 0 bridgehead atoms. The number of methoxy groups -OCH3 is 1. The zero-order chi connectivity index (χ0) is 13.6. The largest absolute Gasteiger partial charge is 0.494 e. The van der Waals surface area contributed by atoms with Gasteiger partial charge in [-0.05, 0) is 39.1 Å². The van der Waals surface area contributed by atoms with Crippen molar-refractivity contribution in [2.45, 2.75) is 24.9 Å². The normalized spacial score (nSPS) is 22.8. The van der Waals surface area contributed by atoms with Gasteiger partial charge in [-0.15, -0.1) is 0 Å². The minimum absolute atomic E-state index is 0.250. The lowest BCUT2D eigenvalue weighted by atomic mass is 9.85. The van der Waals surface area contributed by atoms with E-state index < -0.39 is 0 Å². The molecule has 2 aromatic rings. The fourth-order valence-corrected chi connectivity index (χ4v) is 3.06. The molecule has 2 atom stereocenters. The molecular weight excluding hydrogens is 243 g/mol. The summed E-state index contributed by atoms with van der Waals surface area (Å²) in [6.07, 6.45) is 4.42. The number of halogens is 1. The number of hydrogen-bond donors (Lipinski definition) is 0. The van der Waals surface area contributed by atoms with Gasteiger partial charge < -0.3 is 14.2 Å². The van der Waals surface area contributed by atoms with Crippen LogP contribution in [0.1, 0.15) is 18.9 Å². The van der Waals surface area contributed by atoms with Crippen molar-refractivity contribution >= 4 is 10.9 Å². The van der Waals surface area contributed by atoms with Crippen LogP contribution in [0.4, 0.5) is 4.39 Å². The topological polar surface area (TPSA) is 17.4 Å². The van der Waals surface area contributed by atoms with Crippen molar-refractivity contribution < 1.29 is 9.13 Å². The van der Waals surface area contributed by atoms with Gasteiger partial charge in [-0.2, -0.15) is 0 Å². The van der Waals surface area contributed by atoms with Crippen LogP contribution in [0, 0.1) is 5.82 Å². The molecule has 1 aromatic carbocycles. The van der Waals surface area contributed by atoms with Crippen LogP contribution in [0.3, 0.4) is 0 Å². The van der Waals surface area contributed by atoms with Gasteiger partial charge in [0.2, 0.25) is 0 Å². The van der Waals surface area contributed by atoms with Gasteiger partial charge in [0.1, 0.15) is 11.6 Å².